The first-order chi connectivity index (χ1) is 9.33. The van der Waals surface area contributed by atoms with Gasteiger partial charge < -0.3 is 9.84 Å². The number of ether oxygens (including phenoxy) is 1. The summed E-state index contributed by atoms with van der Waals surface area (Å²) < 4.78 is 30.9. The zero-order chi connectivity index (χ0) is 14.9. The molecule has 0 spiro atoms. The van der Waals surface area contributed by atoms with Crippen molar-refractivity contribution in [3.8, 4) is 5.75 Å². The van der Waals surface area contributed by atoms with Gasteiger partial charge in [-0.05, 0) is 12.1 Å². The van der Waals surface area contributed by atoms with E-state index in [-0.39, 0.29) is 10.8 Å². The van der Waals surface area contributed by atoms with Crippen LogP contribution in [0, 0.1) is 0 Å². The number of nitrogens with zero attached hydrogens (tertiary/aromatic N) is 1. The van der Waals surface area contributed by atoms with Crippen molar-refractivity contribution in [2.75, 3.05) is 0 Å². The van der Waals surface area contributed by atoms with Crippen LogP contribution in [-0.4, -0.2) is 31.7 Å². The fourth-order valence-electron chi connectivity index (χ4n) is 1.41. The normalized spacial score (nSPS) is 16.2. The van der Waals surface area contributed by atoms with Crippen LogP contribution in [0.15, 0.2) is 39.1 Å². The Morgan fingerprint density at radius 3 is 2.50 bits per heavy atom. The molecule has 0 amide bonds. The molecular formula is C11H6ClNO6S. The van der Waals surface area contributed by atoms with Crippen molar-refractivity contribution in [1.29, 1.82) is 0 Å². The van der Waals surface area contributed by atoms with E-state index in [0.29, 0.717) is 6.21 Å². The third kappa shape index (κ3) is 2.56. The Morgan fingerprint density at radius 1 is 1.25 bits per heavy atom. The number of carboxylic acid groups (broad SMARTS) is 1. The van der Waals surface area contributed by atoms with Crippen LogP contribution in [0.5, 0.6) is 5.75 Å². The summed E-state index contributed by atoms with van der Waals surface area (Å²) in [6.07, 6.45) is 0.584. The number of rotatable bonds is 3. The van der Waals surface area contributed by atoms with Crippen LogP contribution in [0.1, 0.15) is 0 Å². The molecule has 0 aromatic heterocycles. The van der Waals surface area contributed by atoms with Gasteiger partial charge in [-0.25, -0.2) is 9.59 Å². The standard InChI is InChI=1S/C11H6ClNO6S/c12-7-3-1-2-4-8(7)19-11(16)9-6(10(14)15)5-13-20(9,17)18/h1-5H,(H,14,15). The fourth-order valence-corrected chi connectivity index (χ4v) is 2.61. The SMILES string of the molecule is O=C(O)C1=C(C(=O)Oc2ccccc2Cl)S(=O)(=O)N=C1. The third-order valence-electron chi connectivity index (χ3n) is 2.28. The maximum Gasteiger partial charge on any atom is 0.358 e. The van der Waals surface area contributed by atoms with Crippen LogP contribution >= 0.6 is 11.6 Å². The van der Waals surface area contributed by atoms with Crippen molar-refractivity contribution in [2.24, 2.45) is 4.40 Å². The summed E-state index contributed by atoms with van der Waals surface area (Å²) in [7, 11) is -4.36. The van der Waals surface area contributed by atoms with E-state index in [2.05, 4.69) is 4.40 Å². The molecule has 1 aliphatic heterocycles. The maximum atomic E-state index is 11.8. The molecule has 0 saturated heterocycles. The van der Waals surface area contributed by atoms with Gasteiger partial charge >= 0.3 is 11.9 Å². The van der Waals surface area contributed by atoms with Gasteiger partial charge in [0.25, 0.3) is 10.0 Å². The van der Waals surface area contributed by atoms with E-state index in [1.165, 1.54) is 18.2 Å². The van der Waals surface area contributed by atoms with E-state index < -0.39 is 32.4 Å². The Bertz CT molecular complexity index is 765. The van der Waals surface area contributed by atoms with E-state index in [4.69, 9.17) is 21.4 Å². The van der Waals surface area contributed by atoms with Gasteiger partial charge in [0.05, 0.1) is 11.2 Å². The van der Waals surface area contributed by atoms with E-state index in [0.717, 1.165) is 0 Å². The molecule has 0 bridgehead atoms. The van der Waals surface area contributed by atoms with E-state index in [1.807, 2.05) is 0 Å². The van der Waals surface area contributed by atoms with Crippen LogP contribution < -0.4 is 4.74 Å². The first-order valence-corrected chi connectivity index (χ1v) is 6.89. The largest absolute Gasteiger partial charge is 0.478 e. The van der Waals surface area contributed by atoms with E-state index >= 15 is 0 Å². The summed E-state index contributed by atoms with van der Waals surface area (Å²) in [6.45, 7) is 0. The minimum Gasteiger partial charge on any atom is -0.478 e. The van der Waals surface area contributed by atoms with Gasteiger partial charge in [0.15, 0.2) is 4.91 Å². The summed E-state index contributed by atoms with van der Waals surface area (Å²) in [4.78, 5) is 21.7. The van der Waals surface area contributed by atoms with Gasteiger partial charge in [-0.15, -0.1) is 0 Å². The summed E-state index contributed by atoms with van der Waals surface area (Å²) in [6, 6.07) is 5.86. The number of hydrogen-bond donors (Lipinski definition) is 1. The van der Waals surface area contributed by atoms with Crippen LogP contribution in [0.2, 0.25) is 5.02 Å². The lowest BCUT2D eigenvalue weighted by Crippen LogP contribution is -2.19. The third-order valence-corrected chi connectivity index (χ3v) is 3.88. The molecule has 1 heterocycles. The average molecular weight is 316 g/mol. The number of esters is 1. The number of sulfonamides is 1. The number of hydrogen-bond acceptors (Lipinski definition) is 5. The minimum atomic E-state index is -4.36. The molecule has 0 radical (unpaired) electrons. The molecule has 0 saturated carbocycles. The highest BCUT2D eigenvalue weighted by molar-refractivity contribution is 7.95. The van der Waals surface area contributed by atoms with E-state index in [1.54, 1.807) is 6.07 Å². The summed E-state index contributed by atoms with van der Waals surface area (Å²) in [5.41, 5.74) is -0.748. The van der Waals surface area contributed by atoms with Gasteiger partial charge in [-0.1, -0.05) is 23.7 Å². The average Bonchev–Trinajstić information content (AvgIpc) is 2.68. The zero-order valence-electron chi connectivity index (χ0n) is 9.61. The lowest BCUT2D eigenvalue weighted by atomic mass is 10.2. The molecule has 7 nitrogen and oxygen atoms in total. The Hall–Kier alpha value is -2.19. The molecule has 0 atom stereocenters. The van der Waals surface area contributed by atoms with Crippen LogP contribution in [-0.2, 0) is 19.6 Å². The minimum absolute atomic E-state index is 0.0784. The molecule has 1 N–H and O–H groups in total. The molecular weight excluding hydrogens is 310 g/mol. The number of carboxylic acids is 1. The van der Waals surface area contributed by atoms with Crippen molar-refractivity contribution >= 4 is 39.8 Å². The molecule has 0 unspecified atom stereocenters. The van der Waals surface area contributed by atoms with Crippen LogP contribution in [0.3, 0.4) is 0 Å². The fraction of sp³-hybridized carbons (Fsp3) is 0. The Kier molecular flexibility index (Phi) is 3.60. The van der Waals surface area contributed by atoms with Gasteiger partial charge in [-0.3, -0.25) is 0 Å². The predicted octanol–water partition coefficient (Wildman–Crippen LogP) is 0.998. The van der Waals surface area contributed by atoms with Crippen molar-refractivity contribution in [3.63, 3.8) is 0 Å². The molecule has 0 aliphatic carbocycles. The van der Waals surface area contributed by atoms with Gasteiger partial charge in [0, 0.05) is 0 Å². The lowest BCUT2D eigenvalue weighted by molar-refractivity contribution is -0.133. The second kappa shape index (κ2) is 5.06. The van der Waals surface area contributed by atoms with Crippen LogP contribution in [0.25, 0.3) is 0 Å². The molecule has 104 valence electrons. The Balaban J connectivity index is 2.41. The molecule has 1 aliphatic rings. The number of aliphatic carboxylic acids is 1. The van der Waals surface area contributed by atoms with Gasteiger partial charge in [-0.2, -0.15) is 12.8 Å². The summed E-state index contributed by atoms with van der Waals surface area (Å²) >= 11 is 5.75. The highest BCUT2D eigenvalue weighted by atomic mass is 35.5. The second-order valence-electron chi connectivity index (χ2n) is 3.58. The number of halogens is 1. The highest BCUT2D eigenvalue weighted by Gasteiger charge is 2.37. The number of carbonyl (C=O) groups is 2. The molecule has 1 aromatic carbocycles. The van der Waals surface area contributed by atoms with Gasteiger partial charge in [0.2, 0.25) is 0 Å². The second-order valence-corrected chi connectivity index (χ2v) is 5.55. The Labute approximate surface area is 118 Å². The molecule has 9 heteroatoms. The summed E-state index contributed by atoms with van der Waals surface area (Å²) in [5.74, 6) is -3.03. The van der Waals surface area contributed by atoms with Crippen molar-refractivity contribution in [1.82, 2.24) is 0 Å². The predicted molar refractivity (Wildman–Crippen MR) is 69.2 cm³/mol. The highest BCUT2D eigenvalue weighted by Crippen LogP contribution is 2.27. The quantitative estimate of drug-likeness (QED) is 0.658. The van der Waals surface area contributed by atoms with Crippen molar-refractivity contribution in [3.05, 3.63) is 39.8 Å². The maximum absolute atomic E-state index is 11.8. The monoisotopic (exact) mass is 315 g/mol. The smallest absolute Gasteiger partial charge is 0.358 e. The number of benzene rings is 1. The topological polar surface area (TPSA) is 110 Å². The first kappa shape index (κ1) is 14.2. The molecule has 2 rings (SSSR count). The Morgan fingerprint density at radius 2 is 1.90 bits per heavy atom. The van der Waals surface area contributed by atoms with Crippen molar-refractivity contribution < 1.29 is 27.9 Å². The molecule has 1 aromatic rings. The van der Waals surface area contributed by atoms with Crippen LogP contribution in [0.4, 0.5) is 0 Å². The number of para-hydroxylation sites is 1. The van der Waals surface area contributed by atoms with E-state index in [9.17, 15) is 18.0 Å². The zero-order valence-corrected chi connectivity index (χ0v) is 11.2. The molecule has 20 heavy (non-hydrogen) atoms. The summed E-state index contributed by atoms with van der Waals surface area (Å²) in [5, 5.41) is 8.92. The van der Waals surface area contributed by atoms with Gasteiger partial charge in [0.1, 0.15) is 11.3 Å². The lowest BCUT2D eigenvalue weighted by Gasteiger charge is -2.06. The number of carbonyl (C=O) groups excluding carboxylic acids is 1. The van der Waals surface area contributed by atoms with Crippen molar-refractivity contribution in [2.45, 2.75) is 0 Å². The molecule has 0 fully saturated rings. The first-order valence-electron chi connectivity index (χ1n) is 5.07.